The third-order valence-electron chi connectivity index (χ3n) is 20.6. The fourth-order valence-corrected chi connectivity index (χ4v) is 20.1. The van der Waals surface area contributed by atoms with Gasteiger partial charge in [0.15, 0.2) is 0 Å². The number of halogens is 9. The number of ether oxygens (including phenoxy) is 1. The molecule has 125 heavy (non-hydrogen) atoms. The average molecular weight is 1970 g/mol. The van der Waals surface area contributed by atoms with Gasteiger partial charge in [-0.3, -0.25) is 28.8 Å². The maximum Gasteiger partial charge on any atom is 0.228 e. The second-order valence-corrected chi connectivity index (χ2v) is 44.3. The molecule has 0 aliphatic carbocycles. The van der Waals surface area contributed by atoms with E-state index in [2.05, 4.69) is 31.9 Å². The van der Waals surface area contributed by atoms with E-state index in [9.17, 15) is 96.8 Å². The number of benzene rings is 6. The van der Waals surface area contributed by atoms with E-state index in [1.165, 1.54) is 75.8 Å². The van der Waals surface area contributed by atoms with Crippen LogP contribution in [0.4, 0.5) is 51.7 Å². The first-order valence-electron chi connectivity index (χ1n) is 39.1. The Bertz CT molecular complexity index is 5290. The van der Waals surface area contributed by atoms with Gasteiger partial charge in [-0.1, -0.05) is 82.3 Å². The molecular weight excluding hydrogens is 1870 g/mol. The van der Waals surface area contributed by atoms with E-state index < -0.39 is 107 Å². The summed E-state index contributed by atoms with van der Waals surface area (Å²) in [5.41, 5.74) is 2.28. The van der Waals surface area contributed by atoms with E-state index >= 15 is 0 Å². The number of methoxy groups -OCH3 is 1. The number of nitrogens with one attached hydrogen (secondary N) is 6. The molecule has 6 aromatic carbocycles. The lowest BCUT2D eigenvalue weighted by Crippen LogP contribution is -2.43. The number of anilines is 6. The monoisotopic (exact) mass is 1960 g/mol. The van der Waals surface area contributed by atoms with Gasteiger partial charge < -0.3 is 36.6 Å². The van der Waals surface area contributed by atoms with Crippen molar-refractivity contribution in [1.82, 2.24) is 25.8 Å². The molecule has 6 heterocycles. The van der Waals surface area contributed by atoms with Gasteiger partial charge in [-0.25, -0.2) is 93.9 Å². The highest BCUT2D eigenvalue weighted by Gasteiger charge is 2.37. The van der Waals surface area contributed by atoms with Gasteiger partial charge in [0, 0.05) is 102 Å². The van der Waals surface area contributed by atoms with Gasteiger partial charge in [0.05, 0.1) is 122 Å². The number of amides is 6. The molecule has 0 saturated carbocycles. The van der Waals surface area contributed by atoms with Crippen molar-refractivity contribution in [3.63, 3.8) is 0 Å². The molecule has 6 atom stereocenters. The summed E-state index contributed by atoms with van der Waals surface area (Å²) in [6.07, 6.45) is 14.5. The van der Waals surface area contributed by atoms with Crippen LogP contribution in [-0.2, 0) is 88.9 Å². The lowest BCUT2D eigenvalue weighted by atomic mass is 9.98. The Balaban J connectivity index is 0.000000206. The highest BCUT2D eigenvalue weighted by molar-refractivity contribution is 7.89. The van der Waals surface area contributed by atoms with Crippen LogP contribution in [0.1, 0.15) is 77.0 Å². The second-order valence-electron chi connectivity index (χ2n) is 30.4. The summed E-state index contributed by atoms with van der Waals surface area (Å²) in [5, 5.41) is 17.1. The molecule has 6 unspecified atom stereocenters. The predicted octanol–water partition coefficient (Wildman–Crippen LogP) is 11.6. The first kappa shape index (κ1) is 105. The molecule has 6 saturated heterocycles. The van der Waals surface area contributed by atoms with Crippen molar-refractivity contribution in [3.8, 4) is 5.75 Å². The molecular formula is C79H101Cl5F4N12O19S6. The zero-order chi connectivity index (χ0) is 92.7. The van der Waals surface area contributed by atoms with Crippen LogP contribution in [0.15, 0.2) is 121 Å². The highest BCUT2D eigenvalue weighted by Crippen LogP contribution is 2.32. The Labute approximate surface area is 752 Å². The summed E-state index contributed by atoms with van der Waals surface area (Å²) >= 11 is 28.9. The smallest absolute Gasteiger partial charge is 0.228 e. The number of para-hydroxylation sites is 3. The highest BCUT2D eigenvalue weighted by atomic mass is 35.5. The van der Waals surface area contributed by atoms with Gasteiger partial charge in [-0.05, 0) is 168 Å². The maximum absolute atomic E-state index is 13.5. The number of nitrogens with zero attached hydrogens (tertiary/aromatic N) is 6. The zero-order valence-corrected chi connectivity index (χ0v) is 78.0. The molecule has 0 radical (unpaired) electrons. The average Bonchev–Trinajstić information content (AvgIpc) is 0.895. The SMILES string of the molecule is COc1ccccc1NC(=O)C1CCCN(S(C)(=O)=O)C1.CS(=O)(=O)N1CCCC(C(=O)Nc2ccc(Cl)c(Cl)c2)C1.CS(=O)(=O)N1CCCC(C(=O)Nc2ccc(Cl)c(F)c2)C1.CS(=O)(=O)N1CCCC(C(=O)Nc2ccc(F)c(Cl)c2)C1.CS(=O)(=O)N1CCCC(C(=O)Nc2ccc(F)cc2F)C1.CS(=O)(=O)N1CCCC(C(=O)Nc2ccccc2Cl)C1. The van der Waals surface area contributed by atoms with Crippen molar-refractivity contribution in [2.24, 2.45) is 35.5 Å². The molecule has 0 bridgehead atoms. The molecule has 12 rings (SSSR count). The lowest BCUT2D eigenvalue weighted by Gasteiger charge is -2.30. The normalized spacial score (nSPS) is 20.3. The van der Waals surface area contributed by atoms with E-state index in [1.807, 2.05) is 12.1 Å². The summed E-state index contributed by atoms with van der Waals surface area (Å²) in [6, 6.07) is 29.7. The fraction of sp³-hybridized carbons (Fsp3) is 0.468. The summed E-state index contributed by atoms with van der Waals surface area (Å²) in [6.45, 7) is 3.76. The quantitative estimate of drug-likeness (QED) is 0.0410. The number of hydrogen-bond donors (Lipinski definition) is 6. The fourth-order valence-electron chi connectivity index (χ4n) is 13.8. The molecule has 0 spiro atoms. The molecule has 46 heteroatoms. The lowest BCUT2D eigenvalue weighted by molar-refractivity contribution is -0.121. The van der Waals surface area contributed by atoms with Crippen LogP contribution in [0.2, 0.25) is 25.1 Å². The van der Waals surface area contributed by atoms with Gasteiger partial charge in [-0.15, -0.1) is 0 Å². The molecule has 6 amide bonds. The third kappa shape index (κ3) is 33.9. The summed E-state index contributed by atoms with van der Waals surface area (Å²) in [5.74, 6) is -6.25. The van der Waals surface area contributed by atoms with E-state index in [0.717, 1.165) is 43.2 Å². The number of hydrogen-bond acceptors (Lipinski definition) is 19. The number of sulfonamides is 6. The van der Waals surface area contributed by atoms with E-state index in [-0.39, 0.29) is 102 Å². The summed E-state index contributed by atoms with van der Waals surface area (Å²) in [7, 11) is -18.2. The minimum atomic E-state index is -3.35. The molecule has 6 aliphatic rings. The van der Waals surface area contributed by atoms with Gasteiger partial charge in [0.1, 0.15) is 29.0 Å². The first-order chi connectivity index (χ1) is 58.4. The Morgan fingerprint density at radius 1 is 0.304 bits per heavy atom. The second kappa shape index (κ2) is 47.2. The molecule has 6 aliphatic heterocycles. The van der Waals surface area contributed by atoms with Crippen molar-refractivity contribution in [2.45, 2.75) is 77.0 Å². The minimum Gasteiger partial charge on any atom is -0.495 e. The van der Waals surface area contributed by atoms with Crippen molar-refractivity contribution >= 4 is 188 Å². The topological polar surface area (TPSA) is 408 Å². The Hall–Kier alpha value is -7.43. The number of piperidine rings is 6. The standard InChI is InChI=1S/C14H20N2O4S.C13H16Cl2N2O3S.2C13H16ClFN2O3S.C13H17ClN2O3S.C13H16F2N2O3S/c1-20-13-8-4-3-7-12(13)15-14(17)11-6-5-9-16(10-11)21(2,18)19;1-21(19,20)17-6-2-3-9(8-17)13(18)16-10-4-5-11(14)12(15)7-10;1-21(19,20)17-6-2-3-9(8-17)13(18)16-10-4-5-12(15)11(14)7-10;1-21(19,20)17-6-2-3-9(8-17)13(18)16-10-4-5-11(14)12(15)7-10;1-20(18,19)16-8-4-5-10(9-16)13(17)15-12-7-3-2-6-11(12)14;1-21(19,20)17-6-2-3-9(8-17)13(18)16-12-5-4-10(14)7-11(12)15/h3-4,7-8,11H,5-6,9-10H2,1-2H3,(H,15,17);3*4-5,7,9H,2-3,6,8H2,1H3,(H,16,18);2-3,6-7,10H,4-5,8-9H2,1H3,(H,15,17);4-5,7,9H,2-3,6,8H2,1H3,(H,16,18). The van der Waals surface area contributed by atoms with Crippen LogP contribution in [0.3, 0.4) is 0 Å². The molecule has 0 aromatic heterocycles. The van der Waals surface area contributed by atoms with Gasteiger partial charge in [0.2, 0.25) is 95.6 Å². The largest absolute Gasteiger partial charge is 0.495 e. The van der Waals surface area contributed by atoms with Crippen molar-refractivity contribution < 1.29 is 102 Å². The van der Waals surface area contributed by atoms with Crippen LogP contribution in [0.25, 0.3) is 0 Å². The van der Waals surface area contributed by atoms with Gasteiger partial charge >= 0.3 is 0 Å². The van der Waals surface area contributed by atoms with Crippen LogP contribution in [0.5, 0.6) is 5.75 Å². The van der Waals surface area contributed by atoms with Crippen molar-refractivity contribution in [3.05, 3.63) is 170 Å². The molecule has 31 nitrogen and oxygen atoms in total. The number of carbonyl (C=O) groups excluding carboxylic acids is 6. The summed E-state index contributed by atoms with van der Waals surface area (Å²) in [4.78, 5) is 73.1. The van der Waals surface area contributed by atoms with Crippen LogP contribution in [-0.4, -0.2) is 235 Å². The van der Waals surface area contributed by atoms with Crippen molar-refractivity contribution in [2.75, 3.05) is 155 Å². The van der Waals surface area contributed by atoms with Crippen LogP contribution >= 0.6 is 58.0 Å². The zero-order valence-electron chi connectivity index (χ0n) is 69.3. The third-order valence-corrected chi connectivity index (χ3v) is 29.9. The van der Waals surface area contributed by atoms with E-state index in [0.29, 0.717) is 172 Å². The molecule has 6 aromatic rings. The Morgan fingerprint density at radius 2 is 0.600 bits per heavy atom. The Kier molecular flexibility index (Phi) is 39.5. The summed E-state index contributed by atoms with van der Waals surface area (Å²) < 4.78 is 204. The van der Waals surface area contributed by atoms with Crippen LogP contribution < -0.4 is 36.6 Å². The van der Waals surface area contributed by atoms with Crippen LogP contribution in [0, 0.1) is 58.8 Å². The van der Waals surface area contributed by atoms with Gasteiger partial charge in [-0.2, -0.15) is 0 Å². The van der Waals surface area contributed by atoms with E-state index in [4.69, 9.17) is 62.7 Å². The minimum absolute atomic E-state index is 0.0195. The van der Waals surface area contributed by atoms with E-state index in [1.54, 1.807) is 54.6 Å². The van der Waals surface area contributed by atoms with Crippen molar-refractivity contribution in [1.29, 1.82) is 0 Å². The maximum atomic E-state index is 13.5. The molecule has 6 fully saturated rings. The molecule has 690 valence electrons. The number of carbonyl (C=O) groups is 6. The van der Waals surface area contributed by atoms with Gasteiger partial charge in [0.25, 0.3) is 0 Å². The first-order valence-corrected chi connectivity index (χ1v) is 52.1. The molecule has 6 N–H and O–H groups in total. The predicted molar refractivity (Wildman–Crippen MR) is 477 cm³/mol. The Morgan fingerprint density at radius 3 is 0.920 bits per heavy atom. The number of rotatable bonds is 19.